The van der Waals surface area contributed by atoms with Gasteiger partial charge < -0.3 is 19.3 Å². The van der Waals surface area contributed by atoms with E-state index in [1.54, 1.807) is 31.3 Å². The number of H-pyrrole nitrogens is 1. The first kappa shape index (κ1) is 33.0. The second-order valence-corrected chi connectivity index (χ2v) is 12.7. The molecular weight excluding hydrogens is 634 g/mol. The SMILES string of the molecule is CCN(C(=O)[C@@H]1CCN(CC(=O)N2CC=C(c3ccc(-c4ncn(C)n4)cc3)CC2)C1)c1ccc2[nH]nc(-c3ccc(OC)c(OC)n3)c2c1. The summed E-state index contributed by atoms with van der Waals surface area (Å²) in [6.45, 7) is 5.33. The molecule has 258 valence electrons. The van der Waals surface area contributed by atoms with Gasteiger partial charge in [-0.05, 0) is 67.8 Å². The number of nitrogens with one attached hydrogen (secondary N) is 1. The molecule has 0 spiro atoms. The maximum Gasteiger partial charge on any atom is 0.257 e. The molecule has 0 radical (unpaired) electrons. The largest absolute Gasteiger partial charge is 0.491 e. The number of amides is 2. The summed E-state index contributed by atoms with van der Waals surface area (Å²) in [5, 5.41) is 12.8. The van der Waals surface area contributed by atoms with E-state index in [9.17, 15) is 9.59 Å². The number of aryl methyl sites for hydroxylation is 1. The van der Waals surface area contributed by atoms with Crippen LogP contribution in [-0.2, 0) is 16.6 Å². The van der Waals surface area contributed by atoms with Crippen LogP contribution in [0.1, 0.15) is 25.3 Å². The molecule has 0 aliphatic carbocycles. The highest BCUT2D eigenvalue weighted by molar-refractivity contribution is 6.00. The summed E-state index contributed by atoms with van der Waals surface area (Å²) >= 11 is 0. The number of methoxy groups -OCH3 is 2. The second-order valence-electron chi connectivity index (χ2n) is 12.7. The normalized spacial score (nSPS) is 16.4. The minimum atomic E-state index is -0.188. The standard InChI is InChI=1S/C37H41N9O4/c1-5-46(28-10-11-30-29(20-28)34(41-40-30)31-12-13-32(49-3)36(39-31)50-4)37(48)27-14-17-44(21-27)22-33(47)45-18-15-25(16-19-45)24-6-8-26(9-7-24)35-38-23-43(2)42-35/h6-13,15,20,23,27H,5,14,16-19,21-22H2,1-4H3,(H,40,41)/t27-/m1/s1. The van der Waals surface area contributed by atoms with Gasteiger partial charge >= 0.3 is 0 Å². The highest BCUT2D eigenvalue weighted by Crippen LogP contribution is 2.34. The molecule has 1 atom stereocenters. The molecule has 5 aromatic rings. The highest BCUT2D eigenvalue weighted by atomic mass is 16.5. The van der Waals surface area contributed by atoms with Crippen molar-refractivity contribution in [2.75, 3.05) is 58.4 Å². The van der Waals surface area contributed by atoms with Crippen molar-refractivity contribution in [3.8, 4) is 34.4 Å². The van der Waals surface area contributed by atoms with Crippen LogP contribution < -0.4 is 14.4 Å². The summed E-state index contributed by atoms with van der Waals surface area (Å²) in [4.78, 5) is 42.0. The zero-order valence-corrected chi connectivity index (χ0v) is 28.8. The third-order valence-corrected chi connectivity index (χ3v) is 9.58. The monoisotopic (exact) mass is 675 g/mol. The van der Waals surface area contributed by atoms with Crippen LogP contribution in [0.4, 0.5) is 5.69 Å². The average Bonchev–Trinajstić information content (AvgIpc) is 3.92. The molecule has 2 aliphatic rings. The van der Waals surface area contributed by atoms with E-state index in [1.165, 1.54) is 5.57 Å². The Bertz CT molecular complexity index is 2050. The molecule has 50 heavy (non-hydrogen) atoms. The molecule has 0 unspecified atom stereocenters. The molecule has 1 N–H and O–H groups in total. The van der Waals surface area contributed by atoms with Crippen LogP contribution in [0, 0.1) is 5.92 Å². The van der Waals surface area contributed by atoms with Crippen molar-refractivity contribution >= 4 is 34.0 Å². The van der Waals surface area contributed by atoms with Gasteiger partial charge in [-0.25, -0.2) is 9.97 Å². The van der Waals surface area contributed by atoms with E-state index in [1.807, 2.05) is 60.2 Å². The topological polar surface area (TPSA) is 135 Å². The highest BCUT2D eigenvalue weighted by Gasteiger charge is 2.33. The number of nitrogens with zero attached hydrogens (tertiary/aromatic N) is 8. The molecule has 2 amide bonds. The molecule has 0 bridgehead atoms. The van der Waals surface area contributed by atoms with Crippen molar-refractivity contribution in [3.63, 3.8) is 0 Å². The number of aromatic amines is 1. The number of pyridine rings is 1. The molecule has 2 aliphatic heterocycles. The van der Waals surface area contributed by atoms with Gasteiger partial charge in [0.1, 0.15) is 12.0 Å². The number of likely N-dealkylation sites (tertiary alicyclic amines) is 1. The smallest absolute Gasteiger partial charge is 0.257 e. The molecule has 13 nitrogen and oxygen atoms in total. The van der Waals surface area contributed by atoms with E-state index < -0.39 is 0 Å². The fraction of sp³-hybridized carbons (Fsp3) is 0.351. The Morgan fingerprint density at radius 2 is 1.84 bits per heavy atom. The van der Waals surface area contributed by atoms with Gasteiger partial charge in [-0.3, -0.25) is 24.3 Å². The van der Waals surface area contributed by atoms with Gasteiger partial charge in [0, 0.05) is 49.9 Å². The van der Waals surface area contributed by atoms with E-state index in [0.717, 1.165) is 34.1 Å². The lowest BCUT2D eigenvalue weighted by Crippen LogP contribution is -2.42. The number of rotatable bonds is 10. The lowest BCUT2D eigenvalue weighted by Gasteiger charge is -2.29. The summed E-state index contributed by atoms with van der Waals surface area (Å²) in [5.74, 6) is 1.58. The number of carbonyl (C=O) groups excluding carboxylic acids is 2. The van der Waals surface area contributed by atoms with Crippen molar-refractivity contribution in [2.45, 2.75) is 19.8 Å². The van der Waals surface area contributed by atoms with E-state index in [-0.39, 0.29) is 17.7 Å². The molecule has 2 aromatic carbocycles. The van der Waals surface area contributed by atoms with Crippen LogP contribution in [0.2, 0.25) is 0 Å². The van der Waals surface area contributed by atoms with Gasteiger partial charge in [0.2, 0.25) is 11.8 Å². The number of anilines is 1. The summed E-state index contributed by atoms with van der Waals surface area (Å²) in [6.07, 6.45) is 5.35. The van der Waals surface area contributed by atoms with Crippen LogP contribution in [0.25, 0.3) is 39.3 Å². The van der Waals surface area contributed by atoms with Crippen molar-refractivity contribution in [3.05, 3.63) is 72.6 Å². The summed E-state index contributed by atoms with van der Waals surface area (Å²) < 4.78 is 12.4. The third kappa shape index (κ3) is 6.56. The molecular formula is C37H41N9O4. The minimum Gasteiger partial charge on any atom is -0.491 e. The van der Waals surface area contributed by atoms with Crippen molar-refractivity contribution < 1.29 is 19.1 Å². The van der Waals surface area contributed by atoms with Gasteiger partial charge in [0.05, 0.1) is 37.9 Å². The first-order chi connectivity index (χ1) is 24.3. The Morgan fingerprint density at radius 3 is 2.54 bits per heavy atom. The lowest BCUT2D eigenvalue weighted by atomic mass is 9.98. The molecule has 1 fully saturated rings. The van der Waals surface area contributed by atoms with Crippen LogP contribution in [0.15, 0.2) is 67.0 Å². The van der Waals surface area contributed by atoms with Crippen LogP contribution >= 0.6 is 0 Å². The molecule has 5 heterocycles. The number of hydrogen-bond acceptors (Lipinski definition) is 9. The first-order valence-corrected chi connectivity index (χ1v) is 16.9. The number of hydrogen-bond donors (Lipinski definition) is 1. The van der Waals surface area contributed by atoms with Gasteiger partial charge in [0.25, 0.3) is 5.88 Å². The van der Waals surface area contributed by atoms with Crippen LogP contribution in [-0.4, -0.2) is 105 Å². The maximum atomic E-state index is 13.9. The lowest BCUT2D eigenvalue weighted by molar-refractivity contribution is -0.132. The zero-order valence-electron chi connectivity index (χ0n) is 28.8. The van der Waals surface area contributed by atoms with Crippen molar-refractivity contribution in [1.29, 1.82) is 0 Å². The second kappa shape index (κ2) is 14.1. The quantitative estimate of drug-likeness (QED) is 0.228. The minimum absolute atomic E-state index is 0.0616. The zero-order chi connectivity index (χ0) is 34.8. The van der Waals surface area contributed by atoms with Gasteiger partial charge in [-0.1, -0.05) is 30.3 Å². The summed E-state index contributed by atoms with van der Waals surface area (Å²) in [6, 6.07) is 17.8. The van der Waals surface area contributed by atoms with Crippen LogP contribution in [0.5, 0.6) is 11.6 Å². The third-order valence-electron chi connectivity index (χ3n) is 9.58. The first-order valence-electron chi connectivity index (χ1n) is 16.9. The van der Waals surface area contributed by atoms with Crippen LogP contribution in [0.3, 0.4) is 0 Å². The van der Waals surface area contributed by atoms with Gasteiger partial charge in [-0.15, -0.1) is 0 Å². The van der Waals surface area contributed by atoms with E-state index in [2.05, 4.69) is 48.4 Å². The van der Waals surface area contributed by atoms with E-state index in [4.69, 9.17) is 9.47 Å². The number of ether oxygens (including phenoxy) is 2. The maximum absolute atomic E-state index is 13.9. The average molecular weight is 676 g/mol. The summed E-state index contributed by atoms with van der Waals surface area (Å²) in [7, 11) is 4.97. The Labute approximate surface area is 290 Å². The van der Waals surface area contributed by atoms with Gasteiger partial charge in [0.15, 0.2) is 11.6 Å². The Kier molecular flexibility index (Phi) is 9.31. The molecule has 7 rings (SSSR count). The van der Waals surface area contributed by atoms with Gasteiger partial charge in [-0.2, -0.15) is 10.2 Å². The van der Waals surface area contributed by atoms with Crippen molar-refractivity contribution in [2.24, 2.45) is 13.0 Å². The van der Waals surface area contributed by atoms with Crippen molar-refractivity contribution in [1.82, 2.24) is 39.7 Å². The van der Waals surface area contributed by atoms with E-state index in [0.29, 0.717) is 74.5 Å². The Hall–Kier alpha value is -5.56. The number of fused-ring (bicyclic) bond motifs is 1. The molecule has 0 saturated carbocycles. The molecule has 3 aromatic heterocycles. The Balaban J connectivity index is 0.967. The number of carbonyl (C=O) groups is 2. The number of aromatic nitrogens is 6. The van der Waals surface area contributed by atoms with E-state index >= 15 is 0 Å². The molecule has 13 heteroatoms. The fourth-order valence-corrected chi connectivity index (χ4v) is 6.84. The predicted octanol–water partition coefficient (Wildman–Crippen LogP) is 4.43. The predicted molar refractivity (Wildman–Crippen MR) is 191 cm³/mol. The fourth-order valence-electron chi connectivity index (χ4n) is 6.84. The summed E-state index contributed by atoms with van der Waals surface area (Å²) in [5.41, 5.74) is 6.29. The molecule has 1 saturated heterocycles. The Morgan fingerprint density at radius 1 is 1.02 bits per heavy atom. The number of benzene rings is 2.